The summed E-state index contributed by atoms with van der Waals surface area (Å²) in [6.07, 6.45) is 9.28. The molecule has 3 heterocycles. The molecule has 0 spiro atoms. The molecule has 86 valence electrons. The van der Waals surface area contributed by atoms with E-state index in [4.69, 9.17) is 0 Å². The Morgan fingerprint density at radius 1 is 1.29 bits per heavy atom. The van der Waals surface area contributed by atoms with Gasteiger partial charge in [0.2, 0.25) is 0 Å². The summed E-state index contributed by atoms with van der Waals surface area (Å²) in [5.74, 6) is 0.791. The number of aromatic nitrogens is 5. The van der Waals surface area contributed by atoms with Gasteiger partial charge >= 0.3 is 113 Å². The van der Waals surface area contributed by atoms with E-state index in [1.54, 1.807) is 10.9 Å². The van der Waals surface area contributed by atoms with E-state index >= 15 is 0 Å². The summed E-state index contributed by atoms with van der Waals surface area (Å²) >= 11 is 1.44. The Kier molecular flexibility index (Phi) is 2.55. The van der Waals surface area contributed by atoms with Crippen molar-refractivity contribution in [2.45, 2.75) is 0 Å². The van der Waals surface area contributed by atoms with Gasteiger partial charge in [-0.05, 0) is 0 Å². The van der Waals surface area contributed by atoms with Gasteiger partial charge in [0.25, 0.3) is 0 Å². The zero-order valence-electron chi connectivity index (χ0n) is 9.00. The van der Waals surface area contributed by atoms with E-state index in [9.17, 15) is 0 Å². The van der Waals surface area contributed by atoms with Crippen molar-refractivity contribution >= 4 is 11.5 Å². The number of imidazole rings is 1. The van der Waals surface area contributed by atoms with Crippen LogP contribution in [0.3, 0.4) is 0 Å². The van der Waals surface area contributed by atoms with Crippen LogP contribution in [0.15, 0.2) is 31.0 Å². The first-order chi connectivity index (χ1) is 8.29. The van der Waals surface area contributed by atoms with Gasteiger partial charge in [-0.15, -0.1) is 0 Å². The molecule has 0 fully saturated rings. The van der Waals surface area contributed by atoms with E-state index in [0.717, 1.165) is 22.7 Å². The minimum atomic E-state index is 0.791. The quantitative estimate of drug-likeness (QED) is 0.669. The number of nitrogens with one attached hydrogen (secondary N) is 1. The van der Waals surface area contributed by atoms with E-state index in [1.807, 2.05) is 36.2 Å². The van der Waals surface area contributed by atoms with Crippen LogP contribution in [0.4, 0.5) is 5.82 Å². The van der Waals surface area contributed by atoms with Gasteiger partial charge in [0.05, 0.1) is 0 Å². The van der Waals surface area contributed by atoms with Crippen molar-refractivity contribution in [1.29, 1.82) is 0 Å². The van der Waals surface area contributed by atoms with Crippen LogP contribution in [0.1, 0.15) is 0 Å². The summed E-state index contributed by atoms with van der Waals surface area (Å²) in [4.78, 5) is 8.62. The molecule has 3 aromatic rings. The number of fused-ring (bicyclic) bond motifs is 1. The fourth-order valence-corrected chi connectivity index (χ4v) is 2.27. The van der Waals surface area contributed by atoms with Crippen LogP contribution >= 0.6 is 0 Å². The summed E-state index contributed by atoms with van der Waals surface area (Å²) in [6, 6.07) is 0. The van der Waals surface area contributed by atoms with Crippen LogP contribution < -0.4 is 3.26 Å². The zero-order valence-corrected chi connectivity index (χ0v) is 11.9. The average Bonchev–Trinajstić information content (AvgIpc) is 2.94. The van der Waals surface area contributed by atoms with Gasteiger partial charge in [0.1, 0.15) is 0 Å². The summed E-state index contributed by atoms with van der Waals surface area (Å²) in [7, 11) is 1.90. The Labute approximate surface area is 113 Å². The maximum absolute atomic E-state index is 4.38. The molecule has 6 nitrogen and oxygen atoms in total. The molecule has 0 amide bonds. The first-order valence-corrected chi connectivity index (χ1v) is 6.44. The van der Waals surface area contributed by atoms with Crippen LogP contribution in [0.25, 0.3) is 16.9 Å². The summed E-state index contributed by atoms with van der Waals surface area (Å²) < 4.78 is 6.86. The molecule has 0 aliphatic rings. The summed E-state index contributed by atoms with van der Waals surface area (Å²) in [6.45, 7) is 0. The molecule has 0 aliphatic carbocycles. The van der Waals surface area contributed by atoms with Gasteiger partial charge in [-0.1, -0.05) is 0 Å². The molecule has 3 rings (SSSR count). The van der Waals surface area contributed by atoms with Crippen LogP contribution in [-0.2, 0) is 7.05 Å². The number of hydrogen-bond acceptors (Lipinski definition) is 4. The summed E-state index contributed by atoms with van der Waals surface area (Å²) in [5.41, 5.74) is 2.88. The molecule has 0 saturated heterocycles. The molecular formula is C10H9AtN6. The van der Waals surface area contributed by atoms with Gasteiger partial charge in [0, 0.05) is 0 Å². The van der Waals surface area contributed by atoms with E-state index in [1.165, 1.54) is 25.0 Å². The van der Waals surface area contributed by atoms with Crippen molar-refractivity contribution in [2.24, 2.45) is 7.05 Å². The summed E-state index contributed by atoms with van der Waals surface area (Å²) in [5, 5.41) is 4.17. The third-order valence-corrected chi connectivity index (χ3v) is 3.21. The molecule has 0 atom stereocenters. The fraction of sp³-hybridized carbons (Fsp3) is 0.100. The number of anilines is 1. The third kappa shape index (κ3) is 1.70. The van der Waals surface area contributed by atoms with Gasteiger partial charge in [0.15, 0.2) is 0 Å². The van der Waals surface area contributed by atoms with Crippen LogP contribution in [0.5, 0.6) is 0 Å². The zero-order chi connectivity index (χ0) is 11.8. The Morgan fingerprint density at radius 2 is 2.18 bits per heavy atom. The molecule has 1 N–H and O–H groups in total. The monoisotopic (exact) mass is 423 g/mol. The van der Waals surface area contributed by atoms with Gasteiger partial charge < -0.3 is 0 Å². The number of rotatable bonds is 2. The molecular weight excluding hydrogens is 414 g/mol. The van der Waals surface area contributed by atoms with Crippen molar-refractivity contribution in [1.82, 2.24) is 24.1 Å². The van der Waals surface area contributed by atoms with E-state index < -0.39 is 0 Å². The Balaban J connectivity index is 2.25. The molecule has 0 radical (unpaired) electrons. The van der Waals surface area contributed by atoms with E-state index in [2.05, 4.69) is 18.3 Å². The molecule has 0 aliphatic heterocycles. The fourth-order valence-electron chi connectivity index (χ4n) is 1.75. The van der Waals surface area contributed by atoms with Crippen LogP contribution in [0, 0.1) is 25.0 Å². The van der Waals surface area contributed by atoms with Crippen LogP contribution in [-0.4, -0.2) is 24.1 Å². The van der Waals surface area contributed by atoms with Crippen molar-refractivity contribution in [3.63, 3.8) is 0 Å². The normalized spacial score (nSPS) is 10.9. The molecule has 0 bridgehead atoms. The Hall–Kier alpha value is -1.49. The topological polar surface area (TPSA) is 60.0 Å². The molecule has 3 aromatic heterocycles. The second kappa shape index (κ2) is 4.07. The van der Waals surface area contributed by atoms with Gasteiger partial charge in [-0.3, -0.25) is 0 Å². The van der Waals surface area contributed by atoms with Crippen molar-refractivity contribution in [3.8, 4) is 11.3 Å². The van der Waals surface area contributed by atoms with Gasteiger partial charge in [-0.2, -0.15) is 0 Å². The maximum atomic E-state index is 4.38. The average molecular weight is 423 g/mol. The number of nitrogens with zero attached hydrogens (tertiary/aromatic N) is 5. The second-order valence-corrected chi connectivity index (χ2v) is 4.34. The molecule has 7 heteroatoms. The molecule has 0 aromatic carbocycles. The van der Waals surface area contributed by atoms with Crippen molar-refractivity contribution in [2.75, 3.05) is 3.26 Å². The predicted molar refractivity (Wildman–Crippen MR) is 58.8 cm³/mol. The standard InChI is InChI=1S/C10H9AtN6/c1-16-6-7(4-14-16)8-5-13-10-9(15-11)12-2-3-17(8)10/h2-6H,1H3,(H,12,15). The SMILES string of the molecule is Cn1cc(-c2cnc3c(N[At])nccn23)cn1. The second-order valence-electron chi connectivity index (χ2n) is 3.61. The molecule has 17 heavy (non-hydrogen) atoms. The van der Waals surface area contributed by atoms with E-state index in [0.29, 0.717) is 0 Å². The van der Waals surface area contributed by atoms with Crippen molar-refractivity contribution < 1.29 is 25.0 Å². The number of hydrogen-bond donors (Lipinski definition) is 1. The van der Waals surface area contributed by atoms with E-state index in [-0.39, 0.29) is 0 Å². The van der Waals surface area contributed by atoms with Gasteiger partial charge in [-0.25, -0.2) is 0 Å². The molecule has 0 unspecified atom stereocenters. The van der Waals surface area contributed by atoms with Crippen LogP contribution in [0.2, 0.25) is 0 Å². The Bertz CT molecular complexity index is 670. The van der Waals surface area contributed by atoms with Crippen molar-refractivity contribution in [3.05, 3.63) is 31.0 Å². The number of aryl methyl sites for hydroxylation is 1. The first kappa shape index (κ1) is 10.7. The molecule has 0 saturated carbocycles. The minimum absolute atomic E-state index is 0.791. The predicted octanol–water partition coefficient (Wildman–Crippen LogP) is 1.01. The third-order valence-electron chi connectivity index (χ3n) is 2.52. The first-order valence-electron chi connectivity index (χ1n) is 4.97. The Morgan fingerprint density at radius 3 is 2.88 bits per heavy atom.